The molecule has 2 amide bonds. The van der Waals surface area contributed by atoms with Crippen LogP contribution in [-0.4, -0.2) is 23.1 Å². The number of hydrogen-bond donors (Lipinski definition) is 2. The minimum atomic E-state index is -1.44. The van der Waals surface area contributed by atoms with Crippen molar-refractivity contribution in [1.82, 2.24) is 5.32 Å². The largest absolute Gasteiger partial charge is 0.465 e. The fourth-order valence-electron chi connectivity index (χ4n) is 1.04. The van der Waals surface area contributed by atoms with Gasteiger partial charge in [-0.2, -0.15) is 0 Å². The van der Waals surface area contributed by atoms with Crippen LogP contribution >= 0.6 is 0 Å². The Morgan fingerprint density at radius 2 is 2.00 bits per heavy atom. The Bertz CT molecular complexity index is 441. The van der Waals surface area contributed by atoms with Gasteiger partial charge in [0.25, 0.3) is 5.91 Å². The zero-order chi connectivity index (χ0) is 12.1. The van der Waals surface area contributed by atoms with Gasteiger partial charge in [-0.15, -0.1) is 0 Å². The Hall–Kier alpha value is -2.37. The Morgan fingerprint density at radius 1 is 1.31 bits per heavy atom. The highest BCUT2D eigenvalue weighted by Crippen LogP contribution is 2.13. The van der Waals surface area contributed by atoms with Crippen LogP contribution in [0.25, 0.3) is 0 Å². The molecule has 0 fully saturated rings. The zero-order valence-corrected chi connectivity index (χ0v) is 8.39. The van der Waals surface area contributed by atoms with Crippen molar-refractivity contribution in [3.05, 3.63) is 29.8 Å². The Labute approximate surface area is 90.8 Å². The summed E-state index contributed by atoms with van der Waals surface area (Å²) >= 11 is 0. The smallest absolute Gasteiger partial charge is 0.411 e. The maximum Gasteiger partial charge on any atom is 0.411 e. The first kappa shape index (κ1) is 11.7. The lowest BCUT2D eigenvalue weighted by molar-refractivity contribution is -0.131. The molecule has 1 aromatic rings. The monoisotopic (exact) mass is 223 g/mol. The molecule has 6 nitrogen and oxygen atoms in total. The van der Waals surface area contributed by atoms with E-state index in [-0.39, 0.29) is 11.3 Å². The number of imide groups is 1. The van der Waals surface area contributed by atoms with E-state index in [1.165, 1.54) is 31.2 Å². The van der Waals surface area contributed by atoms with E-state index < -0.39 is 18.0 Å². The van der Waals surface area contributed by atoms with Crippen LogP contribution in [0.1, 0.15) is 17.3 Å². The van der Waals surface area contributed by atoms with Crippen molar-refractivity contribution in [3.8, 4) is 5.75 Å². The summed E-state index contributed by atoms with van der Waals surface area (Å²) in [5.74, 6) is -1.11. The van der Waals surface area contributed by atoms with Crippen LogP contribution in [0, 0.1) is 0 Å². The lowest BCUT2D eigenvalue weighted by Gasteiger charge is -2.03. The van der Waals surface area contributed by atoms with Gasteiger partial charge in [-0.25, -0.2) is 4.79 Å². The number of carbonyl (C=O) groups excluding carboxylic acids is 2. The van der Waals surface area contributed by atoms with E-state index in [4.69, 9.17) is 9.84 Å². The number of esters is 1. The molecule has 0 aliphatic carbocycles. The molecule has 1 aromatic carbocycles. The van der Waals surface area contributed by atoms with E-state index in [1.54, 1.807) is 5.32 Å². The molecule has 0 saturated carbocycles. The predicted molar refractivity (Wildman–Crippen MR) is 53.2 cm³/mol. The third-order valence-corrected chi connectivity index (χ3v) is 1.58. The molecule has 0 saturated heterocycles. The van der Waals surface area contributed by atoms with Gasteiger partial charge in [0.2, 0.25) is 0 Å². The molecular formula is C10H9NO5. The number of carboxylic acid groups (broad SMARTS) is 1. The van der Waals surface area contributed by atoms with Gasteiger partial charge in [0.05, 0.1) is 0 Å². The highest BCUT2D eigenvalue weighted by Gasteiger charge is 2.09. The van der Waals surface area contributed by atoms with Gasteiger partial charge in [0.15, 0.2) is 0 Å². The molecule has 2 N–H and O–H groups in total. The summed E-state index contributed by atoms with van der Waals surface area (Å²) in [5.41, 5.74) is 0.0983. The fourth-order valence-corrected chi connectivity index (χ4v) is 1.04. The molecule has 0 unspecified atom stereocenters. The summed E-state index contributed by atoms with van der Waals surface area (Å²) in [6, 6.07) is 5.65. The highest BCUT2D eigenvalue weighted by atomic mass is 16.5. The summed E-state index contributed by atoms with van der Waals surface area (Å²) in [7, 11) is 0. The van der Waals surface area contributed by atoms with E-state index in [1.807, 2.05) is 0 Å². The summed E-state index contributed by atoms with van der Waals surface area (Å²) < 4.78 is 4.74. The molecule has 0 heterocycles. The third kappa shape index (κ3) is 3.41. The van der Waals surface area contributed by atoms with Crippen molar-refractivity contribution in [2.75, 3.05) is 0 Å². The molecule has 6 heteroatoms. The second-order valence-electron chi connectivity index (χ2n) is 2.88. The van der Waals surface area contributed by atoms with Gasteiger partial charge >= 0.3 is 12.1 Å². The zero-order valence-electron chi connectivity index (χ0n) is 8.39. The molecule has 0 spiro atoms. The molecule has 0 radical (unpaired) electrons. The number of carbonyl (C=O) groups is 3. The van der Waals surface area contributed by atoms with Crippen molar-refractivity contribution in [3.63, 3.8) is 0 Å². The van der Waals surface area contributed by atoms with Crippen molar-refractivity contribution >= 4 is 18.0 Å². The van der Waals surface area contributed by atoms with E-state index in [9.17, 15) is 14.4 Å². The van der Waals surface area contributed by atoms with Crippen LogP contribution < -0.4 is 10.1 Å². The average Bonchev–Trinajstić information content (AvgIpc) is 2.16. The van der Waals surface area contributed by atoms with Crippen molar-refractivity contribution in [2.45, 2.75) is 6.92 Å². The minimum absolute atomic E-state index is 0.0983. The lowest BCUT2D eigenvalue weighted by Crippen LogP contribution is -2.28. The first-order valence-electron chi connectivity index (χ1n) is 4.32. The highest BCUT2D eigenvalue weighted by molar-refractivity contribution is 6.02. The van der Waals surface area contributed by atoms with Crippen LogP contribution in [0.2, 0.25) is 0 Å². The summed E-state index contributed by atoms with van der Waals surface area (Å²) in [4.78, 5) is 32.1. The molecule has 0 aromatic heterocycles. The number of hydrogen-bond acceptors (Lipinski definition) is 4. The van der Waals surface area contributed by atoms with Gasteiger partial charge in [-0.05, 0) is 18.2 Å². The van der Waals surface area contributed by atoms with Crippen molar-refractivity contribution < 1.29 is 24.2 Å². The van der Waals surface area contributed by atoms with E-state index >= 15 is 0 Å². The van der Waals surface area contributed by atoms with Crippen LogP contribution in [0.3, 0.4) is 0 Å². The van der Waals surface area contributed by atoms with Crippen LogP contribution in [0.5, 0.6) is 5.75 Å². The number of nitrogens with one attached hydrogen (secondary N) is 1. The summed E-state index contributed by atoms with van der Waals surface area (Å²) in [5, 5.41) is 10.0. The third-order valence-electron chi connectivity index (χ3n) is 1.58. The summed E-state index contributed by atoms with van der Waals surface area (Å²) in [6.07, 6.45) is -1.44. The van der Waals surface area contributed by atoms with Gasteiger partial charge in [-0.1, -0.05) is 6.07 Å². The van der Waals surface area contributed by atoms with Crippen molar-refractivity contribution in [1.29, 1.82) is 0 Å². The maximum atomic E-state index is 11.3. The van der Waals surface area contributed by atoms with E-state index in [0.29, 0.717) is 0 Å². The Kier molecular flexibility index (Phi) is 3.60. The standard InChI is InChI=1S/C10H9NO5/c1-6(12)16-8-4-2-3-7(5-8)9(13)11-10(14)15/h2-5H,1H3,(H,11,13)(H,14,15). The first-order valence-corrected chi connectivity index (χ1v) is 4.32. The molecule has 16 heavy (non-hydrogen) atoms. The van der Waals surface area contributed by atoms with E-state index in [2.05, 4.69) is 0 Å². The van der Waals surface area contributed by atoms with Gasteiger partial charge in [-0.3, -0.25) is 14.9 Å². The number of rotatable bonds is 2. The molecule has 0 aliphatic heterocycles. The molecular weight excluding hydrogens is 214 g/mol. The van der Waals surface area contributed by atoms with Crippen molar-refractivity contribution in [2.24, 2.45) is 0 Å². The molecule has 1 rings (SSSR count). The number of benzene rings is 1. The second kappa shape index (κ2) is 4.92. The number of amides is 2. The SMILES string of the molecule is CC(=O)Oc1cccc(C(=O)NC(=O)O)c1. The Morgan fingerprint density at radius 3 is 2.56 bits per heavy atom. The first-order chi connectivity index (χ1) is 7.49. The van der Waals surface area contributed by atoms with Gasteiger partial charge < -0.3 is 9.84 Å². The van der Waals surface area contributed by atoms with Crippen LogP contribution in [-0.2, 0) is 4.79 Å². The quantitative estimate of drug-likeness (QED) is 0.576. The molecule has 0 aliphatic rings. The maximum absolute atomic E-state index is 11.3. The lowest BCUT2D eigenvalue weighted by atomic mass is 10.2. The Balaban J connectivity index is 2.85. The minimum Gasteiger partial charge on any atom is -0.465 e. The molecule has 84 valence electrons. The fraction of sp³-hybridized carbons (Fsp3) is 0.100. The van der Waals surface area contributed by atoms with Gasteiger partial charge in [0, 0.05) is 12.5 Å². The van der Waals surface area contributed by atoms with E-state index in [0.717, 1.165) is 0 Å². The van der Waals surface area contributed by atoms with Crippen LogP contribution in [0.15, 0.2) is 24.3 Å². The molecule has 0 bridgehead atoms. The second-order valence-corrected chi connectivity index (χ2v) is 2.88. The predicted octanol–water partition coefficient (Wildman–Crippen LogP) is 1.02. The topological polar surface area (TPSA) is 92.7 Å². The average molecular weight is 223 g/mol. The number of ether oxygens (including phenoxy) is 1. The molecule has 0 atom stereocenters. The normalized spacial score (nSPS) is 9.31. The van der Waals surface area contributed by atoms with Gasteiger partial charge in [0.1, 0.15) is 5.75 Å². The summed E-state index contributed by atoms with van der Waals surface area (Å²) in [6.45, 7) is 1.23. The van der Waals surface area contributed by atoms with Crippen LogP contribution in [0.4, 0.5) is 4.79 Å².